The first-order chi connectivity index (χ1) is 9.49. The maximum absolute atomic E-state index is 11.9. The summed E-state index contributed by atoms with van der Waals surface area (Å²) in [6, 6.07) is 6.45. The van der Waals surface area contributed by atoms with Gasteiger partial charge in [-0.3, -0.25) is 4.79 Å². The number of phenolic OH excluding ortho intramolecular Hbond substituents is 2. The molecular weight excluding hydrogens is 264 g/mol. The highest BCUT2D eigenvalue weighted by atomic mass is 16.4. The molecule has 0 atom stereocenters. The van der Waals surface area contributed by atoms with Crippen LogP contribution in [-0.4, -0.2) is 32.2 Å². The number of aromatic carboxylic acids is 1. The molecule has 1 amide bonds. The van der Waals surface area contributed by atoms with E-state index in [1.165, 1.54) is 30.5 Å². The molecular formula is C13H10N2O5. The van der Waals surface area contributed by atoms with E-state index in [1.807, 2.05) is 0 Å². The van der Waals surface area contributed by atoms with E-state index in [1.54, 1.807) is 0 Å². The molecule has 0 saturated heterocycles. The average molecular weight is 274 g/mol. The normalized spacial score (nSPS) is 10.0. The largest absolute Gasteiger partial charge is 0.507 e. The first-order valence-electron chi connectivity index (χ1n) is 5.50. The minimum absolute atomic E-state index is 0.185. The van der Waals surface area contributed by atoms with Crippen molar-refractivity contribution in [3.8, 4) is 11.5 Å². The van der Waals surface area contributed by atoms with Gasteiger partial charge in [-0.25, -0.2) is 9.78 Å². The molecule has 0 aliphatic heterocycles. The Kier molecular flexibility index (Phi) is 3.52. The molecule has 0 spiro atoms. The molecule has 0 radical (unpaired) electrons. The Morgan fingerprint density at radius 1 is 1.10 bits per heavy atom. The number of pyridine rings is 1. The van der Waals surface area contributed by atoms with Gasteiger partial charge >= 0.3 is 5.97 Å². The van der Waals surface area contributed by atoms with Crippen molar-refractivity contribution in [2.75, 3.05) is 5.32 Å². The highest BCUT2D eigenvalue weighted by Crippen LogP contribution is 2.27. The van der Waals surface area contributed by atoms with E-state index in [0.717, 1.165) is 6.07 Å². The molecule has 0 unspecified atom stereocenters. The second-order valence-electron chi connectivity index (χ2n) is 3.86. The van der Waals surface area contributed by atoms with Crippen molar-refractivity contribution >= 4 is 17.6 Å². The van der Waals surface area contributed by atoms with Crippen LogP contribution in [0.2, 0.25) is 0 Å². The van der Waals surface area contributed by atoms with Crippen LogP contribution in [0, 0.1) is 0 Å². The highest BCUT2D eigenvalue weighted by Gasteiger charge is 2.16. The zero-order valence-electron chi connectivity index (χ0n) is 10.1. The van der Waals surface area contributed by atoms with Crippen molar-refractivity contribution in [2.45, 2.75) is 0 Å². The molecule has 0 aliphatic carbocycles. The number of rotatable bonds is 3. The number of anilines is 1. The van der Waals surface area contributed by atoms with Crippen LogP contribution in [-0.2, 0) is 0 Å². The van der Waals surface area contributed by atoms with E-state index < -0.39 is 11.9 Å². The Bertz CT molecular complexity index is 664. The van der Waals surface area contributed by atoms with Crippen LogP contribution in [0.15, 0.2) is 36.5 Å². The lowest BCUT2D eigenvalue weighted by atomic mass is 10.1. The number of aromatic hydroxyl groups is 2. The number of aromatic nitrogens is 1. The van der Waals surface area contributed by atoms with Gasteiger partial charge < -0.3 is 20.6 Å². The third-order valence-corrected chi connectivity index (χ3v) is 2.48. The minimum atomic E-state index is -1.23. The van der Waals surface area contributed by atoms with E-state index in [2.05, 4.69) is 10.3 Å². The van der Waals surface area contributed by atoms with Gasteiger partial charge in [0.25, 0.3) is 5.91 Å². The van der Waals surface area contributed by atoms with Crippen LogP contribution in [0.3, 0.4) is 0 Å². The van der Waals surface area contributed by atoms with Crippen LogP contribution >= 0.6 is 0 Å². The second kappa shape index (κ2) is 5.27. The Morgan fingerprint density at radius 2 is 1.75 bits per heavy atom. The predicted octanol–water partition coefficient (Wildman–Crippen LogP) is 1.44. The number of benzene rings is 1. The molecule has 2 aromatic rings. The summed E-state index contributed by atoms with van der Waals surface area (Å²) in [7, 11) is 0. The number of hydrogen-bond acceptors (Lipinski definition) is 5. The summed E-state index contributed by atoms with van der Waals surface area (Å²) in [5.41, 5.74) is -0.337. The van der Waals surface area contributed by atoms with Crippen molar-refractivity contribution in [3.63, 3.8) is 0 Å². The third-order valence-electron chi connectivity index (χ3n) is 2.48. The number of nitrogens with one attached hydrogen (secondary N) is 1. The lowest BCUT2D eigenvalue weighted by Crippen LogP contribution is -2.13. The molecule has 1 aromatic heterocycles. The first-order valence-corrected chi connectivity index (χ1v) is 5.50. The fraction of sp³-hybridized carbons (Fsp3) is 0. The predicted molar refractivity (Wildman–Crippen MR) is 68.9 cm³/mol. The number of amides is 1. The lowest BCUT2D eigenvalue weighted by molar-refractivity contribution is 0.0690. The first kappa shape index (κ1) is 13.3. The van der Waals surface area contributed by atoms with Crippen LogP contribution < -0.4 is 5.32 Å². The number of carbonyl (C=O) groups excluding carboxylic acids is 1. The standard InChI is InChI=1S/C13H10N2O5/c16-9-2-1-3-10(17)11(9)12(18)15-7-4-5-14-8(6-7)13(19)20/h1-6,16-17H,(H,19,20)(H,14,15,18). The Morgan fingerprint density at radius 3 is 2.35 bits per heavy atom. The van der Waals surface area contributed by atoms with Gasteiger partial charge in [0.2, 0.25) is 0 Å². The molecule has 1 aromatic carbocycles. The number of carboxylic acid groups (broad SMARTS) is 1. The molecule has 2 rings (SSSR count). The number of carboxylic acids is 1. The van der Waals surface area contributed by atoms with Gasteiger partial charge in [-0.2, -0.15) is 0 Å². The Hall–Kier alpha value is -3.09. The minimum Gasteiger partial charge on any atom is -0.507 e. The summed E-state index contributed by atoms with van der Waals surface area (Å²) in [4.78, 5) is 26.3. The molecule has 0 bridgehead atoms. The summed E-state index contributed by atoms with van der Waals surface area (Å²) < 4.78 is 0. The summed E-state index contributed by atoms with van der Waals surface area (Å²) >= 11 is 0. The van der Waals surface area contributed by atoms with E-state index >= 15 is 0 Å². The van der Waals surface area contributed by atoms with Gasteiger partial charge in [-0.1, -0.05) is 6.07 Å². The SMILES string of the molecule is O=C(O)c1cc(NC(=O)c2c(O)cccc2O)ccn1. The highest BCUT2D eigenvalue weighted by molar-refractivity contribution is 6.08. The van der Waals surface area contributed by atoms with Crippen molar-refractivity contribution in [1.82, 2.24) is 4.98 Å². The molecule has 0 aliphatic rings. The van der Waals surface area contributed by atoms with Crippen LogP contribution in [0.25, 0.3) is 0 Å². The molecule has 0 fully saturated rings. The monoisotopic (exact) mass is 274 g/mol. The third kappa shape index (κ3) is 2.66. The number of hydrogen-bond donors (Lipinski definition) is 4. The quantitative estimate of drug-likeness (QED) is 0.672. The van der Waals surface area contributed by atoms with Crippen LogP contribution in [0.5, 0.6) is 11.5 Å². The van der Waals surface area contributed by atoms with Crippen molar-refractivity contribution < 1.29 is 24.9 Å². The lowest BCUT2D eigenvalue weighted by Gasteiger charge is -2.08. The summed E-state index contributed by atoms with van der Waals surface area (Å²) in [5.74, 6) is -2.75. The van der Waals surface area contributed by atoms with Gasteiger partial charge in [0, 0.05) is 11.9 Å². The number of nitrogens with zero attached hydrogens (tertiary/aromatic N) is 1. The molecule has 1 heterocycles. The Balaban J connectivity index is 2.28. The molecule has 7 nitrogen and oxygen atoms in total. The number of phenols is 2. The molecule has 0 saturated carbocycles. The number of carbonyl (C=O) groups is 2. The second-order valence-corrected chi connectivity index (χ2v) is 3.86. The van der Waals surface area contributed by atoms with Gasteiger partial charge in [0.05, 0.1) is 0 Å². The van der Waals surface area contributed by atoms with Crippen molar-refractivity contribution in [2.24, 2.45) is 0 Å². The van der Waals surface area contributed by atoms with Gasteiger partial charge in [0.1, 0.15) is 22.8 Å². The topological polar surface area (TPSA) is 120 Å². The van der Waals surface area contributed by atoms with Gasteiger partial charge in [-0.05, 0) is 24.3 Å². The zero-order valence-corrected chi connectivity index (χ0v) is 10.1. The van der Waals surface area contributed by atoms with E-state index in [-0.39, 0.29) is 28.4 Å². The molecule has 102 valence electrons. The van der Waals surface area contributed by atoms with Crippen molar-refractivity contribution in [3.05, 3.63) is 47.8 Å². The van der Waals surface area contributed by atoms with E-state index in [0.29, 0.717) is 0 Å². The van der Waals surface area contributed by atoms with Crippen LogP contribution in [0.1, 0.15) is 20.8 Å². The Labute approximate surface area is 113 Å². The molecule has 20 heavy (non-hydrogen) atoms. The summed E-state index contributed by atoms with van der Waals surface area (Å²) in [5, 5.41) is 30.3. The fourth-order valence-electron chi connectivity index (χ4n) is 1.58. The summed E-state index contributed by atoms with van der Waals surface area (Å²) in [6.45, 7) is 0. The molecule has 4 N–H and O–H groups in total. The van der Waals surface area contributed by atoms with Crippen LogP contribution in [0.4, 0.5) is 5.69 Å². The van der Waals surface area contributed by atoms with Crippen molar-refractivity contribution in [1.29, 1.82) is 0 Å². The smallest absolute Gasteiger partial charge is 0.354 e. The fourth-order valence-corrected chi connectivity index (χ4v) is 1.58. The maximum Gasteiger partial charge on any atom is 0.354 e. The average Bonchev–Trinajstić information content (AvgIpc) is 2.38. The van der Waals surface area contributed by atoms with Gasteiger partial charge in [0.15, 0.2) is 0 Å². The summed E-state index contributed by atoms with van der Waals surface area (Å²) in [6.07, 6.45) is 1.23. The maximum atomic E-state index is 11.9. The van der Waals surface area contributed by atoms with E-state index in [9.17, 15) is 19.8 Å². The molecule has 7 heteroatoms. The van der Waals surface area contributed by atoms with Gasteiger partial charge in [-0.15, -0.1) is 0 Å². The zero-order chi connectivity index (χ0) is 14.7. The van der Waals surface area contributed by atoms with E-state index in [4.69, 9.17) is 5.11 Å².